The van der Waals surface area contributed by atoms with E-state index in [1.54, 1.807) is 24.3 Å². The van der Waals surface area contributed by atoms with Gasteiger partial charge in [-0.05, 0) is 56.2 Å². The molecule has 6 nitrogen and oxygen atoms in total. The maximum atomic E-state index is 12.7. The van der Waals surface area contributed by atoms with E-state index in [1.165, 1.54) is 18.5 Å². The van der Waals surface area contributed by atoms with Crippen LogP contribution in [0.5, 0.6) is 0 Å². The highest BCUT2D eigenvalue weighted by atomic mass is 16.2. The number of carbonyl (C=O) groups is 2. The van der Waals surface area contributed by atoms with Crippen LogP contribution >= 0.6 is 0 Å². The molecule has 2 N–H and O–H groups in total. The number of benzene rings is 2. The third kappa shape index (κ3) is 4.66. The first-order valence-corrected chi connectivity index (χ1v) is 9.03. The van der Waals surface area contributed by atoms with Crippen molar-refractivity contribution in [3.63, 3.8) is 0 Å². The molecule has 144 valence electrons. The number of nitriles is 1. The lowest BCUT2D eigenvalue weighted by atomic mass is 10.0. The number of aromatic nitrogens is 1. The minimum Gasteiger partial charge on any atom is -0.322 e. The van der Waals surface area contributed by atoms with Crippen LogP contribution in [0.4, 0.5) is 11.4 Å². The van der Waals surface area contributed by atoms with Gasteiger partial charge in [0, 0.05) is 23.8 Å². The lowest BCUT2D eigenvalue weighted by Crippen LogP contribution is -2.17. The van der Waals surface area contributed by atoms with Crippen LogP contribution < -0.4 is 10.6 Å². The molecule has 1 heterocycles. The second-order valence-electron chi connectivity index (χ2n) is 6.84. The molecule has 3 rings (SSSR count). The van der Waals surface area contributed by atoms with Crippen LogP contribution in [0.15, 0.2) is 54.9 Å². The Labute approximate surface area is 169 Å². The molecule has 0 aliphatic rings. The zero-order valence-electron chi connectivity index (χ0n) is 16.4. The van der Waals surface area contributed by atoms with Gasteiger partial charge >= 0.3 is 0 Å². The first kappa shape index (κ1) is 19.8. The van der Waals surface area contributed by atoms with E-state index in [4.69, 9.17) is 5.26 Å². The zero-order chi connectivity index (χ0) is 21.0. The summed E-state index contributed by atoms with van der Waals surface area (Å²) in [5.74, 6) is -0.751. The maximum Gasteiger partial charge on any atom is 0.257 e. The Morgan fingerprint density at radius 2 is 1.52 bits per heavy atom. The van der Waals surface area contributed by atoms with Crippen LogP contribution in [-0.2, 0) is 0 Å². The fourth-order valence-electron chi connectivity index (χ4n) is 3.12. The van der Waals surface area contributed by atoms with E-state index in [1.807, 2.05) is 39.0 Å². The number of rotatable bonds is 4. The van der Waals surface area contributed by atoms with Gasteiger partial charge in [-0.25, -0.2) is 0 Å². The quantitative estimate of drug-likeness (QED) is 0.698. The topological polar surface area (TPSA) is 94.9 Å². The summed E-state index contributed by atoms with van der Waals surface area (Å²) in [5, 5.41) is 14.6. The van der Waals surface area contributed by atoms with E-state index in [9.17, 15) is 9.59 Å². The number of anilines is 2. The molecule has 0 spiro atoms. The first-order valence-electron chi connectivity index (χ1n) is 9.03. The van der Waals surface area contributed by atoms with Crippen molar-refractivity contribution in [2.75, 3.05) is 10.6 Å². The van der Waals surface area contributed by atoms with Gasteiger partial charge in [0.25, 0.3) is 11.8 Å². The second kappa shape index (κ2) is 8.36. The summed E-state index contributed by atoms with van der Waals surface area (Å²) in [6, 6.07) is 14.1. The monoisotopic (exact) mass is 384 g/mol. The second-order valence-corrected chi connectivity index (χ2v) is 6.84. The molecule has 0 atom stereocenters. The molecule has 2 aromatic carbocycles. The summed E-state index contributed by atoms with van der Waals surface area (Å²) in [7, 11) is 0. The molecule has 0 aliphatic carbocycles. The van der Waals surface area contributed by atoms with Crippen LogP contribution in [0.2, 0.25) is 0 Å². The van der Waals surface area contributed by atoms with Crippen molar-refractivity contribution in [1.82, 2.24) is 4.98 Å². The van der Waals surface area contributed by atoms with Crippen LogP contribution in [0.1, 0.15) is 43.0 Å². The Kier molecular flexibility index (Phi) is 5.70. The Morgan fingerprint density at radius 3 is 2.14 bits per heavy atom. The molecule has 0 bridgehead atoms. The zero-order valence-corrected chi connectivity index (χ0v) is 16.4. The van der Waals surface area contributed by atoms with Gasteiger partial charge in [-0.1, -0.05) is 23.8 Å². The van der Waals surface area contributed by atoms with Crippen molar-refractivity contribution in [2.45, 2.75) is 20.8 Å². The Morgan fingerprint density at radius 1 is 0.897 bits per heavy atom. The van der Waals surface area contributed by atoms with E-state index in [0.29, 0.717) is 11.3 Å². The molecule has 2 amide bonds. The molecule has 1 aromatic heterocycles. The molecule has 0 radical (unpaired) electrons. The van der Waals surface area contributed by atoms with Crippen molar-refractivity contribution in [1.29, 1.82) is 5.26 Å². The fourth-order valence-corrected chi connectivity index (χ4v) is 3.12. The van der Waals surface area contributed by atoms with Crippen molar-refractivity contribution in [3.05, 3.63) is 88.2 Å². The number of carbonyl (C=O) groups excluding carboxylic acids is 2. The highest BCUT2D eigenvalue weighted by Gasteiger charge is 2.14. The third-order valence-electron chi connectivity index (χ3n) is 4.43. The van der Waals surface area contributed by atoms with Crippen LogP contribution in [-0.4, -0.2) is 16.8 Å². The Bertz CT molecular complexity index is 1120. The predicted molar refractivity (Wildman–Crippen MR) is 112 cm³/mol. The number of nitrogens with zero attached hydrogens (tertiary/aromatic N) is 2. The number of hydrogen-bond acceptors (Lipinski definition) is 4. The number of hydrogen-bond donors (Lipinski definition) is 2. The van der Waals surface area contributed by atoms with E-state index < -0.39 is 5.91 Å². The smallest absolute Gasteiger partial charge is 0.257 e. The summed E-state index contributed by atoms with van der Waals surface area (Å²) in [4.78, 5) is 29.3. The molecular formula is C23H20N4O2. The minimum absolute atomic E-state index is 0.248. The lowest BCUT2D eigenvalue weighted by molar-refractivity contribution is 0.102. The maximum absolute atomic E-state index is 12.7. The Hall–Kier alpha value is -3.98. The van der Waals surface area contributed by atoms with E-state index >= 15 is 0 Å². The van der Waals surface area contributed by atoms with Crippen molar-refractivity contribution in [2.24, 2.45) is 0 Å². The molecule has 0 aliphatic heterocycles. The standard InChI is InChI=1S/C23H20N4O2/c1-14-7-15(2)21(16(3)8-14)27-23(29)19-10-18(12-25-13-19)22(28)26-20-6-4-5-17(9-20)11-24/h4-10,12-13H,1-3H3,(H,26,28)(H,27,29). The van der Waals surface area contributed by atoms with Gasteiger partial charge in [0.05, 0.1) is 22.8 Å². The number of amides is 2. The molecule has 3 aromatic rings. The SMILES string of the molecule is Cc1cc(C)c(NC(=O)c2cncc(C(=O)Nc3cccc(C#N)c3)c2)c(C)c1. The molecule has 0 saturated carbocycles. The summed E-state index contributed by atoms with van der Waals surface area (Å²) in [6.07, 6.45) is 2.81. The molecule has 0 fully saturated rings. The summed E-state index contributed by atoms with van der Waals surface area (Å²) < 4.78 is 0. The van der Waals surface area contributed by atoms with E-state index in [-0.39, 0.29) is 17.0 Å². The van der Waals surface area contributed by atoms with Gasteiger partial charge in [-0.2, -0.15) is 5.26 Å². The number of nitrogens with one attached hydrogen (secondary N) is 2. The van der Waals surface area contributed by atoms with Gasteiger partial charge in [-0.3, -0.25) is 14.6 Å². The number of pyridine rings is 1. The highest BCUT2D eigenvalue weighted by Crippen LogP contribution is 2.22. The largest absolute Gasteiger partial charge is 0.322 e. The van der Waals surface area contributed by atoms with Gasteiger partial charge in [0.2, 0.25) is 0 Å². The van der Waals surface area contributed by atoms with Crippen molar-refractivity contribution < 1.29 is 9.59 Å². The minimum atomic E-state index is -0.412. The van der Waals surface area contributed by atoms with Crippen LogP contribution in [0.3, 0.4) is 0 Å². The Balaban J connectivity index is 1.79. The average Bonchev–Trinajstić information content (AvgIpc) is 2.70. The molecule has 0 unspecified atom stereocenters. The molecule has 6 heteroatoms. The van der Waals surface area contributed by atoms with Gasteiger partial charge in [-0.15, -0.1) is 0 Å². The predicted octanol–water partition coefficient (Wildman–Crippen LogP) is 4.38. The van der Waals surface area contributed by atoms with E-state index in [2.05, 4.69) is 15.6 Å². The first-order chi connectivity index (χ1) is 13.9. The van der Waals surface area contributed by atoms with Crippen molar-refractivity contribution in [3.8, 4) is 6.07 Å². The van der Waals surface area contributed by atoms with Gasteiger partial charge in [0.1, 0.15) is 0 Å². The third-order valence-corrected chi connectivity index (χ3v) is 4.43. The van der Waals surface area contributed by atoms with Crippen LogP contribution in [0.25, 0.3) is 0 Å². The normalized spacial score (nSPS) is 10.1. The highest BCUT2D eigenvalue weighted by molar-refractivity contribution is 6.08. The number of aryl methyl sites for hydroxylation is 3. The van der Waals surface area contributed by atoms with Gasteiger partial charge < -0.3 is 10.6 Å². The summed E-state index contributed by atoms with van der Waals surface area (Å²) in [5.41, 5.74) is 5.28. The van der Waals surface area contributed by atoms with Crippen LogP contribution in [0, 0.1) is 32.1 Å². The molecular weight excluding hydrogens is 364 g/mol. The lowest BCUT2D eigenvalue weighted by Gasteiger charge is -2.13. The van der Waals surface area contributed by atoms with E-state index in [0.717, 1.165) is 22.4 Å². The average molecular weight is 384 g/mol. The summed E-state index contributed by atoms with van der Waals surface area (Å²) in [6.45, 7) is 5.88. The summed E-state index contributed by atoms with van der Waals surface area (Å²) >= 11 is 0. The fraction of sp³-hybridized carbons (Fsp3) is 0.130. The van der Waals surface area contributed by atoms with Gasteiger partial charge in [0.15, 0.2) is 0 Å². The molecule has 29 heavy (non-hydrogen) atoms. The molecule has 0 saturated heterocycles. The van der Waals surface area contributed by atoms with Crippen molar-refractivity contribution >= 4 is 23.2 Å².